The van der Waals surface area contributed by atoms with Gasteiger partial charge in [-0.2, -0.15) is 0 Å². The molecule has 1 aromatic carbocycles. The predicted octanol–water partition coefficient (Wildman–Crippen LogP) is 2.13. The lowest BCUT2D eigenvalue weighted by Crippen LogP contribution is -2.06. The molecule has 0 aliphatic heterocycles. The predicted molar refractivity (Wildman–Crippen MR) is 54.7 cm³/mol. The lowest BCUT2D eigenvalue weighted by molar-refractivity contribution is 0.330. The standard InChI is InChI=1S/C9H10BrNO2/c10-5-6-13-9(11)7-1-3-8(12)4-2-7/h1-4,11-12H,5-6H2. The molecule has 4 heteroatoms. The van der Waals surface area contributed by atoms with E-state index in [1.54, 1.807) is 12.1 Å². The molecule has 1 aromatic rings. The van der Waals surface area contributed by atoms with E-state index >= 15 is 0 Å². The molecular weight excluding hydrogens is 234 g/mol. The average Bonchev–Trinajstić information content (AvgIpc) is 2.15. The lowest BCUT2D eigenvalue weighted by atomic mass is 10.2. The summed E-state index contributed by atoms with van der Waals surface area (Å²) in [5.41, 5.74) is 0.666. The van der Waals surface area contributed by atoms with E-state index in [4.69, 9.17) is 15.3 Å². The zero-order valence-corrected chi connectivity index (χ0v) is 8.54. The Morgan fingerprint density at radius 2 is 2.00 bits per heavy atom. The molecule has 0 aliphatic carbocycles. The average molecular weight is 244 g/mol. The zero-order chi connectivity index (χ0) is 9.68. The minimum absolute atomic E-state index is 0.124. The third-order valence-corrected chi connectivity index (χ3v) is 1.78. The maximum atomic E-state index is 9.00. The van der Waals surface area contributed by atoms with Gasteiger partial charge < -0.3 is 9.84 Å². The quantitative estimate of drug-likeness (QED) is 0.486. The largest absolute Gasteiger partial charge is 0.508 e. The fraction of sp³-hybridized carbons (Fsp3) is 0.222. The number of benzene rings is 1. The van der Waals surface area contributed by atoms with Gasteiger partial charge in [0.1, 0.15) is 5.75 Å². The first-order valence-corrected chi connectivity index (χ1v) is 4.93. The number of phenols is 1. The molecule has 0 saturated heterocycles. The van der Waals surface area contributed by atoms with Gasteiger partial charge in [0.05, 0.1) is 6.61 Å². The second kappa shape index (κ2) is 4.87. The maximum absolute atomic E-state index is 9.00. The summed E-state index contributed by atoms with van der Waals surface area (Å²) in [6, 6.07) is 6.35. The number of phenolic OH excluding ortho intramolecular Hbond substituents is 1. The highest BCUT2D eigenvalue weighted by Gasteiger charge is 2.01. The number of hydrogen-bond acceptors (Lipinski definition) is 3. The normalized spacial score (nSPS) is 9.62. The van der Waals surface area contributed by atoms with Crippen LogP contribution in [0.1, 0.15) is 5.56 Å². The van der Waals surface area contributed by atoms with Gasteiger partial charge in [0.25, 0.3) is 0 Å². The van der Waals surface area contributed by atoms with Crippen LogP contribution >= 0.6 is 15.9 Å². The van der Waals surface area contributed by atoms with Crippen LogP contribution < -0.4 is 0 Å². The molecule has 0 saturated carbocycles. The smallest absolute Gasteiger partial charge is 0.213 e. The number of hydrogen-bond donors (Lipinski definition) is 2. The SMILES string of the molecule is N=C(OCCBr)c1ccc(O)cc1. The molecule has 0 bridgehead atoms. The van der Waals surface area contributed by atoms with Crippen molar-refractivity contribution in [1.82, 2.24) is 0 Å². The highest BCUT2D eigenvalue weighted by molar-refractivity contribution is 9.09. The van der Waals surface area contributed by atoms with E-state index in [9.17, 15) is 0 Å². The molecule has 0 unspecified atom stereocenters. The summed E-state index contributed by atoms with van der Waals surface area (Å²) < 4.78 is 5.07. The Morgan fingerprint density at radius 3 is 2.54 bits per heavy atom. The van der Waals surface area contributed by atoms with E-state index in [2.05, 4.69) is 15.9 Å². The minimum Gasteiger partial charge on any atom is -0.508 e. The summed E-state index contributed by atoms with van der Waals surface area (Å²) >= 11 is 3.20. The van der Waals surface area contributed by atoms with E-state index < -0.39 is 0 Å². The first kappa shape index (κ1) is 10.1. The lowest BCUT2D eigenvalue weighted by Gasteiger charge is -2.05. The Hall–Kier alpha value is -1.03. The van der Waals surface area contributed by atoms with Crippen molar-refractivity contribution in [3.8, 4) is 5.75 Å². The van der Waals surface area contributed by atoms with Gasteiger partial charge in [-0.05, 0) is 24.3 Å². The first-order chi connectivity index (χ1) is 6.24. The summed E-state index contributed by atoms with van der Waals surface area (Å²) in [5.74, 6) is 0.316. The number of rotatable bonds is 3. The molecule has 0 amide bonds. The number of aromatic hydroxyl groups is 1. The Balaban J connectivity index is 2.61. The Bertz CT molecular complexity index is 284. The molecule has 0 spiro atoms. The molecule has 0 aromatic heterocycles. The van der Waals surface area contributed by atoms with Gasteiger partial charge in [-0.1, -0.05) is 15.9 Å². The zero-order valence-electron chi connectivity index (χ0n) is 6.96. The van der Waals surface area contributed by atoms with Crippen molar-refractivity contribution in [3.05, 3.63) is 29.8 Å². The molecule has 0 radical (unpaired) electrons. The second-order valence-corrected chi connectivity index (χ2v) is 3.21. The van der Waals surface area contributed by atoms with Crippen molar-refractivity contribution in [2.45, 2.75) is 0 Å². The fourth-order valence-corrected chi connectivity index (χ4v) is 0.999. The molecular formula is C9H10BrNO2. The monoisotopic (exact) mass is 243 g/mol. The van der Waals surface area contributed by atoms with E-state index in [-0.39, 0.29) is 11.6 Å². The number of ether oxygens (including phenoxy) is 1. The van der Waals surface area contributed by atoms with Crippen LogP contribution in [0.5, 0.6) is 5.75 Å². The van der Waals surface area contributed by atoms with E-state index in [1.807, 2.05) is 0 Å². The molecule has 0 heterocycles. The Kier molecular flexibility index (Phi) is 3.76. The summed E-state index contributed by atoms with van der Waals surface area (Å²) in [6.45, 7) is 0.472. The van der Waals surface area contributed by atoms with Crippen molar-refractivity contribution in [2.75, 3.05) is 11.9 Å². The van der Waals surface area contributed by atoms with Gasteiger partial charge in [-0.15, -0.1) is 0 Å². The van der Waals surface area contributed by atoms with Crippen molar-refractivity contribution in [1.29, 1.82) is 5.41 Å². The Labute approximate surface area is 85.0 Å². The van der Waals surface area contributed by atoms with Crippen molar-refractivity contribution in [2.24, 2.45) is 0 Å². The molecule has 1 rings (SSSR count). The van der Waals surface area contributed by atoms with Crippen LogP contribution in [0.4, 0.5) is 0 Å². The molecule has 0 aliphatic rings. The van der Waals surface area contributed by atoms with E-state index in [0.29, 0.717) is 17.5 Å². The van der Waals surface area contributed by atoms with E-state index in [0.717, 1.165) is 0 Å². The number of nitrogens with one attached hydrogen (secondary N) is 1. The second-order valence-electron chi connectivity index (χ2n) is 2.41. The summed E-state index contributed by atoms with van der Waals surface area (Å²) in [5, 5.41) is 17.2. The third kappa shape index (κ3) is 3.06. The molecule has 0 atom stereocenters. The maximum Gasteiger partial charge on any atom is 0.213 e. The van der Waals surface area contributed by atoms with Gasteiger partial charge in [0.15, 0.2) is 0 Å². The van der Waals surface area contributed by atoms with Crippen molar-refractivity contribution < 1.29 is 9.84 Å². The first-order valence-electron chi connectivity index (χ1n) is 3.81. The molecule has 0 fully saturated rings. The highest BCUT2D eigenvalue weighted by Crippen LogP contribution is 2.10. The van der Waals surface area contributed by atoms with Gasteiger partial charge in [0.2, 0.25) is 5.90 Å². The summed E-state index contributed by atoms with van der Waals surface area (Å²) in [4.78, 5) is 0. The van der Waals surface area contributed by atoms with Crippen molar-refractivity contribution >= 4 is 21.8 Å². The van der Waals surface area contributed by atoms with Gasteiger partial charge in [-0.25, -0.2) is 0 Å². The van der Waals surface area contributed by atoms with Crippen LogP contribution in [0.2, 0.25) is 0 Å². The molecule has 2 N–H and O–H groups in total. The van der Waals surface area contributed by atoms with Gasteiger partial charge >= 0.3 is 0 Å². The Morgan fingerprint density at radius 1 is 1.38 bits per heavy atom. The van der Waals surface area contributed by atoms with E-state index in [1.165, 1.54) is 12.1 Å². The molecule has 3 nitrogen and oxygen atoms in total. The van der Waals surface area contributed by atoms with Crippen LogP contribution in [0.25, 0.3) is 0 Å². The van der Waals surface area contributed by atoms with Gasteiger partial charge in [-0.3, -0.25) is 5.41 Å². The fourth-order valence-electron chi connectivity index (χ4n) is 0.837. The van der Waals surface area contributed by atoms with Crippen LogP contribution in [-0.4, -0.2) is 22.9 Å². The van der Waals surface area contributed by atoms with Gasteiger partial charge in [0, 0.05) is 10.9 Å². The van der Waals surface area contributed by atoms with Crippen molar-refractivity contribution in [3.63, 3.8) is 0 Å². The highest BCUT2D eigenvalue weighted by atomic mass is 79.9. The third-order valence-electron chi connectivity index (χ3n) is 1.45. The molecule has 70 valence electrons. The molecule has 13 heavy (non-hydrogen) atoms. The summed E-state index contributed by atoms with van der Waals surface area (Å²) in [6.07, 6.45) is 0. The number of halogens is 1. The summed E-state index contributed by atoms with van der Waals surface area (Å²) in [7, 11) is 0. The minimum atomic E-state index is 0.124. The topological polar surface area (TPSA) is 53.3 Å². The van der Waals surface area contributed by atoms with Crippen LogP contribution in [0, 0.1) is 5.41 Å². The van der Waals surface area contributed by atoms with Crippen LogP contribution in [-0.2, 0) is 4.74 Å². The van der Waals surface area contributed by atoms with Crippen LogP contribution in [0.15, 0.2) is 24.3 Å². The van der Waals surface area contributed by atoms with Crippen LogP contribution in [0.3, 0.4) is 0 Å². The number of alkyl halides is 1.